The van der Waals surface area contributed by atoms with Crippen LogP contribution in [0.25, 0.3) is 0 Å². The molecule has 1 amide bonds. The van der Waals surface area contributed by atoms with Crippen molar-refractivity contribution < 1.29 is 19.0 Å². The van der Waals surface area contributed by atoms with Crippen LogP contribution in [-0.2, 0) is 9.53 Å². The largest absolute Gasteiger partial charge is 0.490 e. The van der Waals surface area contributed by atoms with Crippen molar-refractivity contribution in [2.75, 3.05) is 38.3 Å². The predicted molar refractivity (Wildman–Crippen MR) is 77.9 cm³/mol. The molecule has 0 saturated carbocycles. The van der Waals surface area contributed by atoms with Gasteiger partial charge in [-0.2, -0.15) is 0 Å². The molecular formula is C15H20N2O4. The van der Waals surface area contributed by atoms with E-state index in [9.17, 15) is 4.79 Å². The average Bonchev–Trinajstić information content (AvgIpc) is 2.73. The van der Waals surface area contributed by atoms with Gasteiger partial charge in [-0.25, -0.2) is 0 Å². The third-order valence-electron chi connectivity index (χ3n) is 3.46. The second kappa shape index (κ2) is 6.78. The SMILES string of the molecule is O=C(CC1COCCN1)Nc1ccc2c(c1)OCCCO2. The first-order valence-electron chi connectivity index (χ1n) is 7.32. The van der Waals surface area contributed by atoms with Gasteiger partial charge in [-0.05, 0) is 12.1 Å². The average molecular weight is 292 g/mol. The number of morpholine rings is 1. The number of ether oxygens (including phenoxy) is 3. The van der Waals surface area contributed by atoms with Crippen molar-refractivity contribution in [3.8, 4) is 11.5 Å². The summed E-state index contributed by atoms with van der Waals surface area (Å²) < 4.78 is 16.5. The highest BCUT2D eigenvalue weighted by Gasteiger charge is 2.17. The third kappa shape index (κ3) is 3.86. The molecule has 0 radical (unpaired) electrons. The summed E-state index contributed by atoms with van der Waals surface area (Å²) in [5, 5.41) is 6.15. The molecule has 2 N–H and O–H groups in total. The molecule has 2 heterocycles. The van der Waals surface area contributed by atoms with Crippen molar-refractivity contribution in [1.82, 2.24) is 5.32 Å². The van der Waals surface area contributed by atoms with Crippen molar-refractivity contribution in [1.29, 1.82) is 0 Å². The molecule has 1 saturated heterocycles. The Morgan fingerprint density at radius 1 is 1.24 bits per heavy atom. The lowest BCUT2D eigenvalue weighted by atomic mass is 10.2. The zero-order valence-corrected chi connectivity index (χ0v) is 11.9. The van der Waals surface area contributed by atoms with E-state index in [1.807, 2.05) is 18.2 Å². The molecule has 2 aliphatic heterocycles. The van der Waals surface area contributed by atoms with Crippen LogP contribution in [0.5, 0.6) is 11.5 Å². The number of benzene rings is 1. The van der Waals surface area contributed by atoms with Gasteiger partial charge in [0.25, 0.3) is 0 Å². The Bertz CT molecular complexity index is 500. The number of carbonyl (C=O) groups is 1. The van der Waals surface area contributed by atoms with Crippen molar-refractivity contribution >= 4 is 11.6 Å². The fourth-order valence-electron chi connectivity index (χ4n) is 2.43. The number of carbonyl (C=O) groups excluding carboxylic acids is 1. The van der Waals surface area contributed by atoms with Gasteiger partial charge in [-0.15, -0.1) is 0 Å². The number of amides is 1. The van der Waals surface area contributed by atoms with Crippen molar-refractivity contribution in [3.05, 3.63) is 18.2 Å². The lowest BCUT2D eigenvalue weighted by Gasteiger charge is -2.23. The van der Waals surface area contributed by atoms with Crippen LogP contribution >= 0.6 is 0 Å². The van der Waals surface area contributed by atoms with E-state index in [2.05, 4.69) is 10.6 Å². The van der Waals surface area contributed by atoms with Crippen LogP contribution in [0.15, 0.2) is 18.2 Å². The maximum Gasteiger partial charge on any atom is 0.226 e. The van der Waals surface area contributed by atoms with Crippen LogP contribution in [0.2, 0.25) is 0 Å². The molecule has 0 spiro atoms. The maximum atomic E-state index is 12.0. The van der Waals surface area contributed by atoms with Crippen LogP contribution in [-0.4, -0.2) is 44.9 Å². The second-order valence-electron chi connectivity index (χ2n) is 5.19. The first kappa shape index (κ1) is 14.2. The maximum absolute atomic E-state index is 12.0. The van der Waals surface area contributed by atoms with Gasteiger partial charge < -0.3 is 24.8 Å². The molecule has 1 unspecified atom stereocenters. The van der Waals surface area contributed by atoms with E-state index >= 15 is 0 Å². The van der Waals surface area contributed by atoms with Crippen molar-refractivity contribution in [3.63, 3.8) is 0 Å². The molecule has 1 fully saturated rings. The standard InChI is InChI=1S/C15H20N2O4/c18-15(9-12-10-19-7-4-16-12)17-11-2-3-13-14(8-11)21-6-1-5-20-13/h2-3,8,12,16H,1,4-7,9-10H2,(H,17,18). The van der Waals surface area contributed by atoms with Gasteiger partial charge in [0.15, 0.2) is 11.5 Å². The van der Waals surface area contributed by atoms with Gasteiger partial charge >= 0.3 is 0 Å². The van der Waals surface area contributed by atoms with Gasteiger partial charge in [0.1, 0.15) is 0 Å². The Hall–Kier alpha value is -1.79. The van der Waals surface area contributed by atoms with E-state index in [0.29, 0.717) is 38.6 Å². The predicted octanol–water partition coefficient (Wildman–Crippen LogP) is 1.16. The van der Waals surface area contributed by atoms with Crippen LogP contribution in [0.4, 0.5) is 5.69 Å². The smallest absolute Gasteiger partial charge is 0.226 e. The van der Waals surface area contributed by atoms with Crippen molar-refractivity contribution in [2.24, 2.45) is 0 Å². The van der Waals surface area contributed by atoms with E-state index in [1.54, 1.807) is 0 Å². The van der Waals surface area contributed by atoms with Gasteiger partial charge in [-0.1, -0.05) is 0 Å². The molecule has 6 heteroatoms. The molecule has 0 aromatic heterocycles. The summed E-state index contributed by atoms with van der Waals surface area (Å²) in [4.78, 5) is 12.0. The quantitative estimate of drug-likeness (QED) is 0.875. The minimum absolute atomic E-state index is 0.0347. The summed E-state index contributed by atoms with van der Waals surface area (Å²) in [6, 6.07) is 5.55. The zero-order chi connectivity index (χ0) is 14.5. The minimum atomic E-state index is -0.0347. The van der Waals surface area contributed by atoms with E-state index in [-0.39, 0.29) is 11.9 Å². The van der Waals surface area contributed by atoms with Crippen LogP contribution in [0.3, 0.4) is 0 Å². The molecule has 0 aliphatic carbocycles. The van der Waals surface area contributed by atoms with Crippen molar-refractivity contribution in [2.45, 2.75) is 18.9 Å². The Morgan fingerprint density at radius 2 is 2.10 bits per heavy atom. The Labute approximate surface area is 123 Å². The molecule has 0 bridgehead atoms. The minimum Gasteiger partial charge on any atom is -0.490 e. The Morgan fingerprint density at radius 3 is 2.90 bits per heavy atom. The summed E-state index contributed by atoms with van der Waals surface area (Å²) in [6.07, 6.45) is 1.26. The number of hydrogen-bond donors (Lipinski definition) is 2. The molecule has 21 heavy (non-hydrogen) atoms. The molecule has 1 aromatic carbocycles. The van der Waals surface area contributed by atoms with E-state index in [0.717, 1.165) is 24.4 Å². The summed E-state index contributed by atoms with van der Waals surface area (Å²) in [5.41, 5.74) is 0.723. The highest BCUT2D eigenvalue weighted by atomic mass is 16.5. The van der Waals surface area contributed by atoms with E-state index < -0.39 is 0 Å². The topological polar surface area (TPSA) is 68.8 Å². The van der Waals surface area contributed by atoms with Crippen LogP contribution in [0, 0.1) is 0 Å². The molecule has 114 valence electrons. The highest BCUT2D eigenvalue weighted by molar-refractivity contribution is 5.91. The van der Waals surface area contributed by atoms with Gasteiger partial charge in [0.2, 0.25) is 5.91 Å². The molecule has 2 aliphatic rings. The molecule has 1 aromatic rings. The normalized spacial score (nSPS) is 21.4. The number of hydrogen-bond acceptors (Lipinski definition) is 5. The summed E-state index contributed by atoms with van der Waals surface area (Å²) >= 11 is 0. The number of fused-ring (bicyclic) bond motifs is 1. The summed E-state index contributed by atoms with van der Waals surface area (Å²) in [6.45, 7) is 3.37. The van der Waals surface area contributed by atoms with Gasteiger partial charge in [0, 0.05) is 37.2 Å². The first-order chi connectivity index (χ1) is 10.3. The van der Waals surface area contributed by atoms with E-state index in [4.69, 9.17) is 14.2 Å². The second-order valence-corrected chi connectivity index (χ2v) is 5.19. The number of anilines is 1. The molecule has 6 nitrogen and oxygen atoms in total. The van der Waals surface area contributed by atoms with Crippen LogP contribution < -0.4 is 20.1 Å². The zero-order valence-electron chi connectivity index (χ0n) is 11.9. The molecular weight excluding hydrogens is 272 g/mol. The number of rotatable bonds is 3. The number of nitrogens with one attached hydrogen (secondary N) is 2. The fraction of sp³-hybridized carbons (Fsp3) is 0.533. The monoisotopic (exact) mass is 292 g/mol. The summed E-state index contributed by atoms with van der Waals surface area (Å²) in [5.74, 6) is 1.38. The highest BCUT2D eigenvalue weighted by Crippen LogP contribution is 2.32. The lowest BCUT2D eigenvalue weighted by Crippen LogP contribution is -2.43. The Balaban J connectivity index is 1.59. The third-order valence-corrected chi connectivity index (χ3v) is 3.46. The van der Waals surface area contributed by atoms with Gasteiger partial charge in [0.05, 0.1) is 26.4 Å². The molecule has 1 atom stereocenters. The van der Waals surface area contributed by atoms with E-state index in [1.165, 1.54) is 0 Å². The molecule has 3 rings (SSSR count). The van der Waals surface area contributed by atoms with Gasteiger partial charge in [-0.3, -0.25) is 4.79 Å². The van der Waals surface area contributed by atoms with Crippen LogP contribution in [0.1, 0.15) is 12.8 Å². The lowest BCUT2D eigenvalue weighted by molar-refractivity contribution is -0.117. The Kier molecular flexibility index (Phi) is 4.57. The summed E-state index contributed by atoms with van der Waals surface area (Å²) in [7, 11) is 0. The first-order valence-corrected chi connectivity index (χ1v) is 7.32. The fourth-order valence-corrected chi connectivity index (χ4v) is 2.43.